The molecule has 0 unspecified atom stereocenters. The van der Waals surface area contributed by atoms with E-state index < -0.39 is 5.82 Å². The van der Waals surface area contributed by atoms with Crippen molar-refractivity contribution in [3.63, 3.8) is 0 Å². The number of hydrogen-bond acceptors (Lipinski definition) is 6. The minimum atomic E-state index is -0.540. The van der Waals surface area contributed by atoms with E-state index in [1.54, 1.807) is 27.8 Å². The highest BCUT2D eigenvalue weighted by Crippen LogP contribution is 2.31. The van der Waals surface area contributed by atoms with Gasteiger partial charge in [-0.1, -0.05) is 5.92 Å². The molecule has 4 heterocycles. The van der Waals surface area contributed by atoms with E-state index in [1.165, 1.54) is 18.2 Å². The molecule has 1 aromatic carbocycles. The van der Waals surface area contributed by atoms with E-state index in [0.717, 1.165) is 22.3 Å². The SMILES string of the molecule is C#Cc1cc(C(=O)NCCNc2ccc(-c3cc(-c4cnn(C)c4)cn4ncc(C#N)c34)cn2)ccc1F. The number of amides is 1. The van der Waals surface area contributed by atoms with Crippen LogP contribution in [0.5, 0.6) is 0 Å². The van der Waals surface area contributed by atoms with E-state index in [4.69, 9.17) is 6.42 Å². The number of aryl methyl sites for hydroxylation is 1. The standard InChI is InChI=1S/C28H21FN8O/c1-3-18-10-19(4-6-25(18)29)28(38)32-9-8-31-26-7-5-20(13-33-26)24-11-21(23-15-34-36(2)16-23)17-37-27(24)22(12-30)14-35-37/h1,4-7,10-11,13-17H,8-9H2,2H3,(H,31,33)(H,32,38). The molecule has 1 amide bonds. The van der Waals surface area contributed by atoms with E-state index in [-0.39, 0.29) is 11.5 Å². The van der Waals surface area contributed by atoms with Gasteiger partial charge in [0.2, 0.25) is 0 Å². The van der Waals surface area contributed by atoms with Crippen molar-refractivity contribution in [2.75, 3.05) is 18.4 Å². The van der Waals surface area contributed by atoms with Crippen molar-refractivity contribution in [2.24, 2.45) is 7.05 Å². The van der Waals surface area contributed by atoms with Gasteiger partial charge in [0.25, 0.3) is 5.91 Å². The number of carbonyl (C=O) groups excluding carboxylic acids is 1. The zero-order chi connectivity index (χ0) is 26.6. The van der Waals surface area contributed by atoms with Crippen molar-refractivity contribution in [1.82, 2.24) is 29.7 Å². The summed E-state index contributed by atoms with van der Waals surface area (Å²) in [6.07, 6.45) is 14.1. The maximum atomic E-state index is 13.5. The lowest BCUT2D eigenvalue weighted by atomic mass is 10.0. The second kappa shape index (κ2) is 10.2. The Morgan fingerprint density at radius 2 is 1.89 bits per heavy atom. The summed E-state index contributed by atoms with van der Waals surface area (Å²) in [6.45, 7) is 0.739. The fourth-order valence-electron chi connectivity index (χ4n) is 4.06. The fraction of sp³-hybridized carbons (Fsp3) is 0.107. The van der Waals surface area contributed by atoms with Gasteiger partial charge in [-0.25, -0.2) is 13.9 Å². The Kier molecular flexibility index (Phi) is 6.53. The molecule has 5 aromatic rings. The highest BCUT2D eigenvalue weighted by molar-refractivity contribution is 5.94. The summed E-state index contributed by atoms with van der Waals surface area (Å²) in [5.74, 6) is 1.95. The first-order valence-electron chi connectivity index (χ1n) is 11.6. The Hall–Kier alpha value is -5.48. The topological polar surface area (TPSA) is 113 Å². The summed E-state index contributed by atoms with van der Waals surface area (Å²) >= 11 is 0. The molecule has 0 aliphatic rings. The first-order valence-corrected chi connectivity index (χ1v) is 11.6. The van der Waals surface area contributed by atoms with Gasteiger partial charge in [-0.3, -0.25) is 9.48 Å². The Morgan fingerprint density at radius 1 is 1.03 bits per heavy atom. The normalized spacial score (nSPS) is 10.6. The van der Waals surface area contributed by atoms with Crippen LogP contribution < -0.4 is 10.6 Å². The molecule has 0 atom stereocenters. The number of benzene rings is 1. The molecular formula is C28H21FN8O. The van der Waals surface area contributed by atoms with E-state index in [9.17, 15) is 14.4 Å². The first kappa shape index (κ1) is 24.2. The number of nitrogens with zero attached hydrogens (tertiary/aromatic N) is 6. The minimum absolute atomic E-state index is 0.0427. The van der Waals surface area contributed by atoms with Gasteiger partial charge in [0.1, 0.15) is 17.7 Å². The number of fused-ring (bicyclic) bond motifs is 1. The second-order valence-corrected chi connectivity index (χ2v) is 8.46. The van der Waals surface area contributed by atoms with Crippen molar-refractivity contribution in [2.45, 2.75) is 0 Å². The summed E-state index contributed by atoms with van der Waals surface area (Å²) in [5, 5.41) is 24.1. The third-order valence-electron chi connectivity index (χ3n) is 5.95. The largest absolute Gasteiger partial charge is 0.368 e. The number of terminal acetylenes is 1. The summed E-state index contributed by atoms with van der Waals surface area (Å²) in [7, 11) is 1.85. The molecule has 0 aliphatic heterocycles. The quantitative estimate of drug-likeness (QED) is 0.259. The molecule has 0 saturated carbocycles. The van der Waals surface area contributed by atoms with Crippen molar-refractivity contribution in [3.8, 4) is 40.7 Å². The van der Waals surface area contributed by atoms with Gasteiger partial charge >= 0.3 is 0 Å². The molecule has 0 saturated heterocycles. The molecule has 2 N–H and O–H groups in total. The smallest absolute Gasteiger partial charge is 0.251 e. The molecular weight excluding hydrogens is 483 g/mol. The molecule has 186 valence electrons. The Morgan fingerprint density at radius 3 is 2.61 bits per heavy atom. The van der Waals surface area contributed by atoms with E-state index in [0.29, 0.717) is 35.6 Å². The Labute approximate surface area is 217 Å². The number of nitrogens with one attached hydrogen (secondary N) is 2. The monoisotopic (exact) mass is 504 g/mol. The molecule has 0 spiro atoms. The predicted molar refractivity (Wildman–Crippen MR) is 140 cm³/mol. The molecule has 5 rings (SSSR count). The van der Waals surface area contributed by atoms with Gasteiger partial charge in [-0.05, 0) is 36.4 Å². The van der Waals surface area contributed by atoms with E-state index in [1.807, 2.05) is 37.6 Å². The second-order valence-electron chi connectivity index (χ2n) is 8.46. The number of rotatable bonds is 7. The lowest BCUT2D eigenvalue weighted by Gasteiger charge is -2.10. The van der Waals surface area contributed by atoms with Crippen LogP contribution in [0.15, 0.2) is 67.4 Å². The zero-order valence-corrected chi connectivity index (χ0v) is 20.3. The van der Waals surface area contributed by atoms with Crippen molar-refractivity contribution in [3.05, 3.63) is 89.9 Å². The molecule has 4 aromatic heterocycles. The number of halogens is 1. The number of nitriles is 1. The highest BCUT2D eigenvalue weighted by atomic mass is 19.1. The number of hydrogen-bond donors (Lipinski definition) is 2. The van der Waals surface area contributed by atoms with E-state index in [2.05, 4.69) is 37.8 Å². The molecule has 9 nitrogen and oxygen atoms in total. The van der Waals surface area contributed by atoms with Crippen molar-refractivity contribution < 1.29 is 9.18 Å². The van der Waals surface area contributed by atoms with Crippen LogP contribution in [0.25, 0.3) is 27.8 Å². The average molecular weight is 505 g/mol. The lowest BCUT2D eigenvalue weighted by Crippen LogP contribution is -2.29. The van der Waals surface area contributed by atoms with Gasteiger partial charge in [0, 0.05) is 66.5 Å². The van der Waals surface area contributed by atoms with Crippen LogP contribution in [0.1, 0.15) is 21.5 Å². The molecule has 0 bridgehead atoms. The van der Waals surface area contributed by atoms with Crippen LogP contribution in [-0.4, -0.2) is 43.4 Å². The highest BCUT2D eigenvalue weighted by Gasteiger charge is 2.15. The van der Waals surface area contributed by atoms with Crippen LogP contribution in [0.3, 0.4) is 0 Å². The zero-order valence-electron chi connectivity index (χ0n) is 20.3. The summed E-state index contributed by atoms with van der Waals surface area (Å²) < 4.78 is 17.0. The fourth-order valence-corrected chi connectivity index (χ4v) is 4.06. The summed E-state index contributed by atoms with van der Waals surface area (Å²) in [5.41, 5.74) is 4.95. The molecule has 38 heavy (non-hydrogen) atoms. The number of carbonyl (C=O) groups is 1. The number of aromatic nitrogens is 5. The molecule has 0 radical (unpaired) electrons. The summed E-state index contributed by atoms with van der Waals surface area (Å²) in [4.78, 5) is 16.8. The molecule has 0 aliphatic carbocycles. The minimum Gasteiger partial charge on any atom is -0.368 e. The Bertz CT molecular complexity index is 1740. The maximum Gasteiger partial charge on any atom is 0.251 e. The van der Waals surface area contributed by atoms with Gasteiger partial charge in [0.05, 0.1) is 29.0 Å². The van der Waals surface area contributed by atoms with Crippen LogP contribution in [0.2, 0.25) is 0 Å². The number of pyridine rings is 2. The van der Waals surface area contributed by atoms with Gasteiger partial charge in [-0.2, -0.15) is 15.5 Å². The Balaban J connectivity index is 1.29. The van der Waals surface area contributed by atoms with Gasteiger partial charge in [-0.15, -0.1) is 6.42 Å². The first-order chi connectivity index (χ1) is 18.5. The average Bonchev–Trinajstić information content (AvgIpc) is 3.57. The third-order valence-corrected chi connectivity index (χ3v) is 5.95. The van der Waals surface area contributed by atoms with E-state index >= 15 is 0 Å². The third kappa shape index (κ3) is 4.79. The number of anilines is 1. The van der Waals surface area contributed by atoms with Crippen LogP contribution in [0, 0.1) is 29.5 Å². The van der Waals surface area contributed by atoms with Gasteiger partial charge < -0.3 is 10.6 Å². The predicted octanol–water partition coefficient (Wildman–Crippen LogP) is 3.63. The maximum absolute atomic E-state index is 13.5. The molecule has 10 heteroatoms. The summed E-state index contributed by atoms with van der Waals surface area (Å²) in [6, 6.07) is 11.8. The van der Waals surface area contributed by atoms with Crippen LogP contribution in [-0.2, 0) is 7.05 Å². The van der Waals surface area contributed by atoms with Crippen LogP contribution >= 0.6 is 0 Å². The van der Waals surface area contributed by atoms with Crippen molar-refractivity contribution in [1.29, 1.82) is 5.26 Å². The van der Waals surface area contributed by atoms with Gasteiger partial charge in [0.15, 0.2) is 0 Å². The van der Waals surface area contributed by atoms with Crippen molar-refractivity contribution >= 4 is 17.2 Å². The lowest BCUT2D eigenvalue weighted by molar-refractivity contribution is 0.0955. The van der Waals surface area contributed by atoms with Crippen LogP contribution in [0.4, 0.5) is 10.2 Å². The molecule has 0 fully saturated rings.